The molecule has 1 rings (SSSR count). The first-order valence-electron chi connectivity index (χ1n) is 3.80. The van der Waals surface area contributed by atoms with E-state index in [1.165, 1.54) is 19.1 Å². The molecule has 1 N–H and O–H groups in total. The van der Waals surface area contributed by atoms with Gasteiger partial charge >= 0.3 is 0 Å². The molecule has 1 atom stereocenters. The van der Waals surface area contributed by atoms with Crippen molar-refractivity contribution >= 4 is 23.2 Å². The summed E-state index contributed by atoms with van der Waals surface area (Å²) in [5, 5.41) is 1.70. The number of anilines is 1. The summed E-state index contributed by atoms with van der Waals surface area (Å²) in [7, 11) is 0. The number of alkyl halides is 1. The number of halogens is 2. The molecule has 1 aromatic carbocycles. The van der Waals surface area contributed by atoms with Crippen LogP contribution in [0.15, 0.2) is 24.3 Å². The molecule has 0 saturated carbocycles. The molecule has 0 saturated heterocycles. The average Bonchev–Trinajstić information content (AvgIpc) is 2.08. The van der Waals surface area contributed by atoms with E-state index in [4.69, 9.17) is 11.6 Å². The van der Waals surface area contributed by atoms with E-state index < -0.39 is 17.1 Å². The van der Waals surface area contributed by atoms with Gasteiger partial charge in [0.05, 0.1) is 5.69 Å². The predicted octanol–water partition coefficient (Wildman–Crippen LogP) is 2.39. The number of rotatable bonds is 2. The Morgan fingerprint density at radius 3 is 2.69 bits per heavy atom. The van der Waals surface area contributed by atoms with E-state index in [-0.39, 0.29) is 5.69 Å². The fourth-order valence-electron chi connectivity index (χ4n) is 0.795. The van der Waals surface area contributed by atoms with Gasteiger partial charge in [-0.1, -0.05) is 12.1 Å². The Kier molecular flexibility index (Phi) is 3.25. The maximum absolute atomic E-state index is 13.0. The van der Waals surface area contributed by atoms with Gasteiger partial charge in [-0.15, -0.1) is 11.6 Å². The molecule has 0 fully saturated rings. The summed E-state index contributed by atoms with van der Waals surface area (Å²) < 4.78 is 13.0. The summed E-state index contributed by atoms with van der Waals surface area (Å²) >= 11 is 5.50. The van der Waals surface area contributed by atoms with Crippen molar-refractivity contribution < 1.29 is 9.18 Å². The minimum atomic E-state index is -0.667. The number of hydrogen-bond donors (Lipinski definition) is 1. The minimum absolute atomic E-state index is 0.153. The van der Waals surface area contributed by atoms with Crippen molar-refractivity contribution in [2.75, 3.05) is 5.32 Å². The van der Waals surface area contributed by atoms with Crippen molar-refractivity contribution in [3.8, 4) is 0 Å². The molecule has 0 heterocycles. The summed E-state index contributed by atoms with van der Waals surface area (Å²) in [5.41, 5.74) is 0.153. The van der Waals surface area contributed by atoms with Crippen LogP contribution in [0.2, 0.25) is 0 Å². The summed E-state index contributed by atoms with van der Waals surface area (Å²) in [6, 6.07) is 5.94. The normalized spacial score (nSPS) is 12.2. The molecule has 1 unspecified atom stereocenters. The second-order valence-corrected chi connectivity index (χ2v) is 3.24. The van der Waals surface area contributed by atoms with E-state index in [0.717, 1.165) is 0 Å². The topological polar surface area (TPSA) is 29.1 Å². The molecule has 0 aliphatic rings. The molecule has 4 heteroatoms. The van der Waals surface area contributed by atoms with Gasteiger partial charge in [-0.3, -0.25) is 4.79 Å². The molecule has 0 aliphatic heterocycles. The van der Waals surface area contributed by atoms with E-state index in [9.17, 15) is 9.18 Å². The van der Waals surface area contributed by atoms with Crippen molar-refractivity contribution in [2.45, 2.75) is 12.3 Å². The van der Waals surface area contributed by atoms with Gasteiger partial charge in [0.1, 0.15) is 11.2 Å². The number of nitrogens with one attached hydrogen (secondary N) is 1. The first-order chi connectivity index (χ1) is 6.11. The van der Waals surface area contributed by atoms with E-state index in [2.05, 4.69) is 5.32 Å². The highest BCUT2D eigenvalue weighted by atomic mass is 35.5. The van der Waals surface area contributed by atoms with Crippen LogP contribution < -0.4 is 5.32 Å². The van der Waals surface area contributed by atoms with Gasteiger partial charge in [-0.05, 0) is 19.1 Å². The third kappa shape index (κ3) is 2.70. The van der Waals surface area contributed by atoms with Crippen molar-refractivity contribution in [3.63, 3.8) is 0 Å². The monoisotopic (exact) mass is 201 g/mol. The highest BCUT2D eigenvalue weighted by Gasteiger charge is 2.10. The van der Waals surface area contributed by atoms with Crippen molar-refractivity contribution in [2.24, 2.45) is 0 Å². The van der Waals surface area contributed by atoms with Gasteiger partial charge in [0.2, 0.25) is 5.91 Å². The molecule has 70 valence electrons. The van der Waals surface area contributed by atoms with E-state index in [1.54, 1.807) is 12.1 Å². The molecule has 0 spiro atoms. The van der Waals surface area contributed by atoms with Crippen LogP contribution in [0.25, 0.3) is 0 Å². The van der Waals surface area contributed by atoms with E-state index >= 15 is 0 Å². The summed E-state index contributed by atoms with van der Waals surface area (Å²) in [5.74, 6) is -0.875. The number of benzene rings is 1. The SMILES string of the molecule is CC(Cl)C(=O)Nc1ccccc1F. The highest BCUT2D eigenvalue weighted by molar-refractivity contribution is 6.32. The zero-order valence-electron chi connectivity index (χ0n) is 7.05. The van der Waals surface area contributed by atoms with Crippen LogP contribution in [0.1, 0.15) is 6.92 Å². The molecule has 0 bridgehead atoms. The Balaban J connectivity index is 2.75. The van der Waals surface area contributed by atoms with Crippen LogP contribution in [0.3, 0.4) is 0 Å². The molecule has 13 heavy (non-hydrogen) atoms. The maximum atomic E-state index is 13.0. The van der Waals surface area contributed by atoms with Gasteiger partial charge in [0, 0.05) is 0 Å². The third-order valence-electron chi connectivity index (χ3n) is 1.49. The Hall–Kier alpha value is -1.09. The summed E-state index contributed by atoms with van der Waals surface area (Å²) in [6.45, 7) is 1.53. The number of carbonyl (C=O) groups is 1. The third-order valence-corrected chi connectivity index (χ3v) is 1.69. The van der Waals surface area contributed by atoms with Crippen molar-refractivity contribution in [1.82, 2.24) is 0 Å². The largest absolute Gasteiger partial charge is 0.322 e. The molecule has 2 nitrogen and oxygen atoms in total. The van der Waals surface area contributed by atoms with E-state index in [1.807, 2.05) is 0 Å². The average molecular weight is 202 g/mol. The number of amides is 1. The van der Waals surface area contributed by atoms with Gasteiger partial charge in [0.15, 0.2) is 0 Å². The van der Waals surface area contributed by atoms with Crippen molar-refractivity contribution in [1.29, 1.82) is 0 Å². The van der Waals surface area contributed by atoms with Crippen LogP contribution in [0, 0.1) is 5.82 Å². The second-order valence-electron chi connectivity index (χ2n) is 2.59. The maximum Gasteiger partial charge on any atom is 0.242 e. The first-order valence-corrected chi connectivity index (χ1v) is 4.24. The fraction of sp³-hybridized carbons (Fsp3) is 0.222. The lowest BCUT2D eigenvalue weighted by Gasteiger charge is -2.06. The van der Waals surface area contributed by atoms with Crippen LogP contribution in [-0.2, 0) is 4.79 Å². The van der Waals surface area contributed by atoms with Gasteiger partial charge < -0.3 is 5.32 Å². The number of hydrogen-bond acceptors (Lipinski definition) is 1. The quantitative estimate of drug-likeness (QED) is 0.732. The lowest BCUT2D eigenvalue weighted by Crippen LogP contribution is -2.20. The number of para-hydroxylation sites is 1. The predicted molar refractivity (Wildman–Crippen MR) is 50.3 cm³/mol. The zero-order valence-corrected chi connectivity index (χ0v) is 7.81. The smallest absolute Gasteiger partial charge is 0.242 e. The van der Waals surface area contributed by atoms with Crippen LogP contribution in [0.5, 0.6) is 0 Å². The Morgan fingerprint density at radius 2 is 2.15 bits per heavy atom. The van der Waals surface area contributed by atoms with Gasteiger partial charge in [-0.25, -0.2) is 4.39 Å². The highest BCUT2D eigenvalue weighted by Crippen LogP contribution is 2.13. The summed E-state index contributed by atoms with van der Waals surface area (Å²) in [4.78, 5) is 11.1. The molecular weight excluding hydrogens is 193 g/mol. The molecular formula is C9H9ClFNO. The number of carbonyl (C=O) groups excluding carboxylic acids is 1. The lowest BCUT2D eigenvalue weighted by molar-refractivity contribution is -0.115. The van der Waals surface area contributed by atoms with Crippen LogP contribution >= 0.6 is 11.6 Å². The first kappa shape index (κ1) is 9.99. The molecule has 0 aromatic heterocycles. The molecule has 1 amide bonds. The minimum Gasteiger partial charge on any atom is -0.322 e. The summed E-state index contributed by atoms with van der Waals surface area (Å²) in [6.07, 6.45) is 0. The molecule has 0 radical (unpaired) electrons. The Bertz CT molecular complexity index is 314. The Labute approximate surface area is 80.7 Å². The standard InChI is InChI=1S/C9H9ClFNO/c1-6(10)9(13)12-8-5-3-2-4-7(8)11/h2-6H,1H3,(H,12,13). The zero-order chi connectivity index (χ0) is 9.84. The van der Waals surface area contributed by atoms with Gasteiger partial charge in [-0.2, -0.15) is 0 Å². The van der Waals surface area contributed by atoms with Crippen molar-refractivity contribution in [3.05, 3.63) is 30.1 Å². The second kappa shape index (κ2) is 4.23. The van der Waals surface area contributed by atoms with Crippen LogP contribution in [-0.4, -0.2) is 11.3 Å². The lowest BCUT2D eigenvalue weighted by atomic mass is 10.3. The Morgan fingerprint density at radius 1 is 1.54 bits per heavy atom. The molecule has 1 aromatic rings. The van der Waals surface area contributed by atoms with Crippen LogP contribution in [0.4, 0.5) is 10.1 Å². The fourth-order valence-corrected chi connectivity index (χ4v) is 0.849. The van der Waals surface area contributed by atoms with Gasteiger partial charge in [0.25, 0.3) is 0 Å². The molecule has 0 aliphatic carbocycles. The van der Waals surface area contributed by atoms with E-state index in [0.29, 0.717) is 0 Å².